The quantitative estimate of drug-likeness (QED) is 0.527. The standard InChI is InChI=1S/C17H27NO2/c1-20-17(19)14-16-11-9-15(10-12-16)8-6-4-2-3-5-7-13-18/h9-12H,2-8,13-14,18H2,1H3. The highest BCUT2D eigenvalue weighted by molar-refractivity contribution is 5.72. The van der Waals surface area contributed by atoms with Gasteiger partial charge in [-0.1, -0.05) is 49.9 Å². The van der Waals surface area contributed by atoms with E-state index in [1.54, 1.807) is 0 Å². The van der Waals surface area contributed by atoms with Crippen molar-refractivity contribution in [2.45, 2.75) is 51.4 Å². The van der Waals surface area contributed by atoms with Gasteiger partial charge in [-0.3, -0.25) is 4.79 Å². The molecule has 3 heteroatoms. The van der Waals surface area contributed by atoms with E-state index < -0.39 is 0 Å². The third-order valence-electron chi connectivity index (χ3n) is 3.52. The lowest BCUT2D eigenvalue weighted by Crippen LogP contribution is -2.04. The van der Waals surface area contributed by atoms with Gasteiger partial charge in [0.1, 0.15) is 0 Å². The summed E-state index contributed by atoms with van der Waals surface area (Å²) in [6, 6.07) is 8.28. The van der Waals surface area contributed by atoms with Crippen molar-refractivity contribution in [2.75, 3.05) is 13.7 Å². The lowest BCUT2D eigenvalue weighted by Gasteiger charge is -2.04. The summed E-state index contributed by atoms with van der Waals surface area (Å²) in [6.45, 7) is 0.817. The Kier molecular flexibility index (Phi) is 8.72. The highest BCUT2D eigenvalue weighted by atomic mass is 16.5. The summed E-state index contributed by atoms with van der Waals surface area (Å²) in [7, 11) is 1.42. The number of carbonyl (C=O) groups is 1. The second-order valence-electron chi connectivity index (χ2n) is 5.23. The van der Waals surface area contributed by atoms with Gasteiger partial charge in [0, 0.05) is 0 Å². The van der Waals surface area contributed by atoms with E-state index in [4.69, 9.17) is 5.73 Å². The Hall–Kier alpha value is -1.35. The van der Waals surface area contributed by atoms with E-state index in [2.05, 4.69) is 16.9 Å². The van der Waals surface area contributed by atoms with Crippen molar-refractivity contribution in [3.63, 3.8) is 0 Å². The second kappa shape index (κ2) is 10.4. The summed E-state index contributed by atoms with van der Waals surface area (Å²) in [5, 5.41) is 0. The number of carbonyl (C=O) groups excluding carboxylic acids is 1. The molecule has 0 saturated heterocycles. The number of esters is 1. The second-order valence-corrected chi connectivity index (χ2v) is 5.23. The Balaban J connectivity index is 2.16. The molecule has 20 heavy (non-hydrogen) atoms. The molecule has 0 fully saturated rings. The molecule has 0 spiro atoms. The van der Waals surface area contributed by atoms with Crippen LogP contribution in [0.15, 0.2) is 24.3 Å². The van der Waals surface area contributed by atoms with Crippen molar-refractivity contribution in [1.29, 1.82) is 0 Å². The number of nitrogens with two attached hydrogens (primary N) is 1. The number of rotatable bonds is 10. The first-order valence-electron chi connectivity index (χ1n) is 7.61. The molecule has 0 unspecified atom stereocenters. The van der Waals surface area contributed by atoms with Gasteiger partial charge in [0.2, 0.25) is 0 Å². The van der Waals surface area contributed by atoms with Crippen LogP contribution < -0.4 is 5.73 Å². The lowest BCUT2D eigenvalue weighted by atomic mass is 10.0. The molecule has 0 bridgehead atoms. The van der Waals surface area contributed by atoms with E-state index in [9.17, 15) is 4.79 Å². The number of aryl methyl sites for hydroxylation is 1. The van der Waals surface area contributed by atoms with E-state index in [0.29, 0.717) is 6.42 Å². The molecule has 0 aromatic heterocycles. The highest BCUT2D eigenvalue weighted by Crippen LogP contribution is 2.11. The summed E-state index contributed by atoms with van der Waals surface area (Å²) < 4.78 is 4.66. The fourth-order valence-corrected chi connectivity index (χ4v) is 2.24. The van der Waals surface area contributed by atoms with Gasteiger partial charge >= 0.3 is 5.97 Å². The molecule has 0 heterocycles. The minimum Gasteiger partial charge on any atom is -0.469 e. The van der Waals surface area contributed by atoms with Crippen LogP contribution in [0.1, 0.15) is 49.7 Å². The molecule has 0 aliphatic carbocycles. The van der Waals surface area contributed by atoms with Crippen LogP contribution in [0.5, 0.6) is 0 Å². The topological polar surface area (TPSA) is 52.3 Å². The van der Waals surface area contributed by atoms with Gasteiger partial charge in [-0.15, -0.1) is 0 Å². The van der Waals surface area contributed by atoms with Crippen LogP contribution in [0.25, 0.3) is 0 Å². The van der Waals surface area contributed by atoms with Crippen LogP contribution in [0, 0.1) is 0 Å². The van der Waals surface area contributed by atoms with Crippen LogP contribution in [0.4, 0.5) is 0 Å². The van der Waals surface area contributed by atoms with Gasteiger partial charge in [0.05, 0.1) is 13.5 Å². The van der Waals surface area contributed by atoms with Gasteiger partial charge in [-0.05, 0) is 36.9 Å². The Morgan fingerprint density at radius 1 is 0.950 bits per heavy atom. The monoisotopic (exact) mass is 277 g/mol. The minimum absolute atomic E-state index is 0.185. The summed E-state index contributed by atoms with van der Waals surface area (Å²) in [5.41, 5.74) is 7.83. The molecule has 0 amide bonds. The molecule has 2 N–H and O–H groups in total. The van der Waals surface area contributed by atoms with E-state index in [-0.39, 0.29) is 5.97 Å². The van der Waals surface area contributed by atoms with Crippen molar-refractivity contribution < 1.29 is 9.53 Å². The number of benzene rings is 1. The Morgan fingerprint density at radius 2 is 1.50 bits per heavy atom. The fourth-order valence-electron chi connectivity index (χ4n) is 2.24. The first-order valence-corrected chi connectivity index (χ1v) is 7.61. The third-order valence-corrected chi connectivity index (χ3v) is 3.52. The maximum absolute atomic E-state index is 11.2. The van der Waals surface area contributed by atoms with Crippen molar-refractivity contribution in [3.8, 4) is 0 Å². The van der Waals surface area contributed by atoms with Crippen molar-refractivity contribution in [3.05, 3.63) is 35.4 Å². The Bertz CT molecular complexity index is 373. The van der Waals surface area contributed by atoms with Crippen molar-refractivity contribution in [1.82, 2.24) is 0 Å². The normalized spacial score (nSPS) is 10.5. The fraction of sp³-hybridized carbons (Fsp3) is 0.588. The highest BCUT2D eigenvalue weighted by Gasteiger charge is 2.02. The van der Waals surface area contributed by atoms with Crippen LogP contribution in [-0.4, -0.2) is 19.6 Å². The molecular formula is C17H27NO2. The largest absolute Gasteiger partial charge is 0.469 e. The molecule has 0 aliphatic rings. The predicted molar refractivity (Wildman–Crippen MR) is 82.6 cm³/mol. The number of methoxy groups -OCH3 is 1. The molecular weight excluding hydrogens is 250 g/mol. The van der Waals surface area contributed by atoms with Crippen LogP contribution >= 0.6 is 0 Å². The molecule has 112 valence electrons. The van der Waals surface area contributed by atoms with E-state index >= 15 is 0 Å². The van der Waals surface area contributed by atoms with Gasteiger partial charge in [0.25, 0.3) is 0 Å². The summed E-state index contributed by atoms with van der Waals surface area (Å²) in [5.74, 6) is -0.185. The van der Waals surface area contributed by atoms with Crippen LogP contribution in [0.3, 0.4) is 0 Å². The van der Waals surface area contributed by atoms with E-state index in [1.165, 1.54) is 44.8 Å². The van der Waals surface area contributed by atoms with E-state index in [1.807, 2.05) is 12.1 Å². The van der Waals surface area contributed by atoms with Gasteiger partial charge in [0.15, 0.2) is 0 Å². The molecule has 3 nitrogen and oxygen atoms in total. The molecule has 1 aromatic rings. The van der Waals surface area contributed by atoms with Gasteiger partial charge in [-0.25, -0.2) is 0 Å². The van der Waals surface area contributed by atoms with Gasteiger partial charge < -0.3 is 10.5 Å². The molecule has 0 atom stereocenters. The smallest absolute Gasteiger partial charge is 0.309 e. The SMILES string of the molecule is COC(=O)Cc1ccc(CCCCCCCCN)cc1. The van der Waals surface area contributed by atoms with Crippen molar-refractivity contribution in [2.24, 2.45) is 5.73 Å². The summed E-state index contributed by atoms with van der Waals surface area (Å²) >= 11 is 0. The lowest BCUT2D eigenvalue weighted by molar-refractivity contribution is -0.139. The predicted octanol–water partition coefficient (Wildman–Crippen LogP) is 3.24. The number of hydrogen-bond donors (Lipinski definition) is 1. The average molecular weight is 277 g/mol. The maximum Gasteiger partial charge on any atom is 0.309 e. The molecule has 1 aromatic carbocycles. The first kappa shape index (κ1) is 16.7. The number of hydrogen-bond acceptors (Lipinski definition) is 3. The van der Waals surface area contributed by atoms with Crippen LogP contribution in [0.2, 0.25) is 0 Å². The zero-order valence-electron chi connectivity index (χ0n) is 12.6. The Labute approximate surface area is 122 Å². The maximum atomic E-state index is 11.2. The third kappa shape index (κ3) is 7.29. The van der Waals surface area contributed by atoms with Gasteiger partial charge in [-0.2, -0.15) is 0 Å². The average Bonchev–Trinajstić information content (AvgIpc) is 2.48. The zero-order chi connectivity index (χ0) is 14.6. The molecule has 0 aliphatic heterocycles. The van der Waals surface area contributed by atoms with Crippen LogP contribution in [-0.2, 0) is 22.4 Å². The zero-order valence-corrected chi connectivity index (χ0v) is 12.6. The summed E-state index contributed by atoms with van der Waals surface area (Å²) in [6.07, 6.45) is 9.02. The Morgan fingerprint density at radius 3 is 2.10 bits per heavy atom. The van der Waals surface area contributed by atoms with Crippen molar-refractivity contribution >= 4 is 5.97 Å². The molecule has 1 rings (SSSR count). The molecule has 0 saturated carbocycles. The minimum atomic E-state index is -0.185. The summed E-state index contributed by atoms with van der Waals surface area (Å²) in [4.78, 5) is 11.2. The first-order chi connectivity index (χ1) is 9.76. The van der Waals surface area contributed by atoms with E-state index in [0.717, 1.165) is 24.9 Å². The number of unbranched alkanes of at least 4 members (excludes halogenated alkanes) is 5. The number of ether oxygens (including phenoxy) is 1. The molecule has 0 radical (unpaired) electrons.